The number of Topliss-reactive ketones (excluding diaryl/α,β-unsaturated/α-hetero) is 1. The van der Waals surface area contributed by atoms with Crippen molar-refractivity contribution in [2.45, 2.75) is 20.3 Å². The van der Waals surface area contributed by atoms with Crippen LogP contribution in [0, 0.1) is 7.14 Å². The molecule has 0 aliphatic carbocycles. The number of carbonyl (C=O) groups is 1. The van der Waals surface area contributed by atoms with Crippen LogP contribution < -0.4 is 9.62 Å². The van der Waals surface area contributed by atoms with Crippen molar-refractivity contribution in [3.63, 3.8) is 0 Å². The molecular weight excluding hydrogens is 510 g/mol. The van der Waals surface area contributed by atoms with Crippen LogP contribution in [0.1, 0.15) is 29.8 Å². The maximum absolute atomic E-state index is 11.5. The third kappa shape index (κ3) is 3.90. The Morgan fingerprint density at radius 2 is 1.82 bits per heavy atom. The molecule has 0 saturated carbocycles. The Labute approximate surface area is 156 Å². The van der Waals surface area contributed by atoms with Gasteiger partial charge in [0.2, 0.25) is 0 Å². The number of carbonyl (C=O) groups excluding carboxylic acids is 1. The van der Waals surface area contributed by atoms with Gasteiger partial charge in [-0.05, 0) is 82.3 Å². The summed E-state index contributed by atoms with van der Waals surface area (Å²) in [7, 11) is 0. The zero-order valence-corrected chi connectivity index (χ0v) is 16.3. The lowest BCUT2D eigenvalue weighted by Gasteiger charge is -2.13. The Hall–Kier alpha value is -0.870. The highest BCUT2D eigenvalue weighted by atomic mass is 127. The topological polar surface area (TPSA) is 55.8 Å². The third-order valence-corrected chi connectivity index (χ3v) is 4.75. The van der Waals surface area contributed by atoms with Crippen LogP contribution in [0.5, 0.6) is 17.2 Å². The second-order valence-electron chi connectivity index (χ2n) is 4.64. The van der Waals surface area contributed by atoms with Crippen LogP contribution in [0.3, 0.4) is 0 Å². The van der Waals surface area contributed by atoms with E-state index >= 15 is 0 Å². The van der Waals surface area contributed by atoms with Crippen LogP contribution in [-0.2, 0) is 6.42 Å². The molecule has 0 saturated heterocycles. The molecule has 2 rings (SSSR count). The van der Waals surface area contributed by atoms with E-state index in [0.717, 1.165) is 19.1 Å². The molecule has 0 aliphatic heterocycles. The molecule has 116 valence electrons. The van der Waals surface area contributed by atoms with Gasteiger partial charge in [-0.2, -0.15) is 0 Å². The van der Waals surface area contributed by atoms with Crippen LogP contribution in [0.4, 0.5) is 0 Å². The molecule has 4 nitrogen and oxygen atoms in total. The minimum atomic E-state index is 0.0191. The van der Waals surface area contributed by atoms with E-state index in [1.807, 2.05) is 19.1 Å². The summed E-state index contributed by atoms with van der Waals surface area (Å²) >= 11 is 4.28. The highest BCUT2D eigenvalue weighted by molar-refractivity contribution is 14.1. The molecule has 0 amide bonds. The fraction of sp³-hybridized carbons (Fsp3) is 0.188. The maximum atomic E-state index is 11.5. The van der Waals surface area contributed by atoms with E-state index in [1.165, 1.54) is 6.92 Å². The highest BCUT2D eigenvalue weighted by Crippen LogP contribution is 2.35. The first-order valence-electron chi connectivity index (χ1n) is 6.58. The molecule has 2 aromatic rings. The Morgan fingerprint density at radius 3 is 2.32 bits per heavy atom. The Morgan fingerprint density at radius 1 is 1.18 bits per heavy atom. The zero-order chi connectivity index (χ0) is 16.3. The Balaban J connectivity index is 2.37. The zero-order valence-electron chi connectivity index (χ0n) is 12.0. The minimum Gasteiger partial charge on any atom is -0.455 e. The fourth-order valence-corrected chi connectivity index (χ4v) is 3.94. The summed E-state index contributed by atoms with van der Waals surface area (Å²) in [4.78, 5) is 15.9. The predicted molar refractivity (Wildman–Crippen MR) is 101 cm³/mol. The molecule has 0 atom stereocenters. The van der Waals surface area contributed by atoms with E-state index in [0.29, 0.717) is 22.8 Å². The van der Waals surface area contributed by atoms with E-state index in [4.69, 9.17) is 9.99 Å². The molecule has 0 aliphatic rings. The van der Waals surface area contributed by atoms with E-state index in [-0.39, 0.29) is 5.78 Å². The smallest absolute Gasteiger partial charge is 0.171 e. The lowest BCUT2D eigenvalue weighted by atomic mass is 10.1. The number of benzene rings is 2. The molecule has 6 heteroatoms. The third-order valence-electron chi connectivity index (χ3n) is 3.14. The van der Waals surface area contributed by atoms with Crippen LogP contribution >= 0.6 is 45.2 Å². The molecule has 0 heterocycles. The van der Waals surface area contributed by atoms with Gasteiger partial charge in [-0.3, -0.25) is 4.79 Å². The summed E-state index contributed by atoms with van der Waals surface area (Å²) in [5.74, 6) is 1.64. The normalized spacial score (nSPS) is 10.4. The highest BCUT2D eigenvalue weighted by Gasteiger charge is 2.13. The fourth-order valence-electron chi connectivity index (χ4n) is 1.95. The Bertz CT molecular complexity index is 690. The van der Waals surface area contributed by atoms with Crippen molar-refractivity contribution in [1.82, 2.24) is 0 Å². The molecule has 0 fully saturated rings. The van der Waals surface area contributed by atoms with Crippen LogP contribution in [0.25, 0.3) is 0 Å². The van der Waals surface area contributed by atoms with Gasteiger partial charge in [0.05, 0.1) is 7.14 Å². The summed E-state index contributed by atoms with van der Waals surface area (Å²) in [6.45, 7) is 3.51. The summed E-state index contributed by atoms with van der Waals surface area (Å²) in [5.41, 5.74) is 1.55. The first-order chi connectivity index (χ1) is 10.5. The molecule has 0 radical (unpaired) electrons. The summed E-state index contributed by atoms with van der Waals surface area (Å²) in [5, 5.41) is 8.95. The van der Waals surface area contributed by atoms with E-state index in [1.54, 1.807) is 18.2 Å². The number of ether oxygens (including phenoxy) is 1. The second-order valence-corrected chi connectivity index (χ2v) is 6.97. The van der Waals surface area contributed by atoms with E-state index in [2.05, 4.69) is 50.1 Å². The van der Waals surface area contributed by atoms with Crippen LogP contribution in [0.15, 0.2) is 30.3 Å². The summed E-state index contributed by atoms with van der Waals surface area (Å²) < 4.78 is 7.60. The van der Waals surface area contributed by atoms with Gasteiger partial charge in [-0.25, -0.2) is 5.26 Å². The maximum Gasteiger partial charge on any atom is 0.171 e. The molecule has 0 aromatic heterocycles. The van der Waals surface area contributed by atoms with E-state index in [9.17, 15) is 4.79 Å². The number of aryl methyl sites for hydroxylation is 1. The van der Waals surface area contributed by atoms with Gasteiger partial charge in [0.25, 0.3) is 0 Å². The van der Waals surface area contributed by atoms with Crippen molar-refractivity contribution in [2.75, 3.05) is 0 Å². The van der Waals surface area contributed by atoms with Gasteiger partial charge < -0.3 is 9.62 Å². The average molecular weight is 524 g/mol. The SMILES string of the molecule is CCc1ccc(Oc2c(I)cc(C(C)=O)cc2I)cc1OO. The van der Waals surface area contributed by atoms with Crippen molar-refractivity contribution >= 4 is 51.0 Å². The molecule has 1 N–H and O–H groups in total. The predicted octanol–water partition coefficient (Wildman–Crippen LogP) is 5.30. The quantitative estimate of drug-likeness (QED) is 0.250. The number of hydrogen-bond donors (Lipinski definition) is 1. The van der Waals surface area contributed by atoms with Gasteiger partial charge in [0.1, 0.15) is 5.75 Å². The van der Waals surface area contributed by atoms with Crippen molar-refractivity contribution in [3.8, 4) is 17.2 Å². The monoisotopic (exact) mass is 524 g/mol. The standard InChI is InChI=1S/C16H14I2O4/c1-3-10-4-5-12(8-15(10)22-20)21-16-13(17)6-11(9(2)19)7-14(16)18/h4-8,20H,3H2,1-2H3. The van der Waals surface area contributed by atoms with Gasteiger partial charge in [-0.1, -0.05) is 13.0 Å². The number of hydrogen-bond acceptors (Lipinski definition) is 4. The van der Waals surface area contributed by atoms with Crippen LogP contribution in [0.2, 0.25) is 0 Å². The van der Waals surface area contributed by atoms with Gasteiger partial charge >= 0.3 is 0 Å². The lowest BCUT2D eigenvalue weighted by Crippen LogP contribution is -1.98. The van der Waals surface area contributed by atoms with Crippen molar-refractivity contribution in [2.24, 2.45) is 0 Å². The number of rotatable bonds is 5. The molecule has 22 heavy (non-hydrogen) atoms. The molecule has 0 spiro atoms. The number of halogens is 2. The van der Waals surface area contributed by atoms with E-state index < -0.39 is 0 Å². The van der Waals surface area contributed by atoms with Gasteiger partial charge in [0, 0.05) is 11.6 Å². The van der Waals surface area contributed by atoms with Crippen molar-refractivity contribution in [1.29, 1.82) is 0 Å². The average Bonchev–Trinajstić information content (AvgIpc) is 2.50. The van der Waals surface area contributed by atoms with Gasteiger partial charge in [0.15, 0.2) is 17.3 Å². The van der Waals surface area contributed by atoms with Crippen molar-refractivity contribution in [3.05, 3.63) is 48.6 Å². The molecule has 0 unspecified atom stereocenters. The molecule has 0 bridgehead atoms. The summed E-state index contributed by atoms with van der Waals surface area (Å²) in [6.07, 6.45) is 0.749. The second kappa shape index (κ2) is 7.60. The molecule has 2 aromatic carbocycles. The summed E-state index contributed by atoms with van der Waals surface area (Å²) in [6, 6.07) is 8.91. The molecular formula is C16H14I2O4. The largest absolute Gasteiger partial charge is 0.455 e. The minimum absolute atomic E-state index is 0.0191. The first kappa shape index (κ1) is 17.5. The van der Waals surface area contributed by atoms with Crippen molar-refractivity contribution < 1.29 is 19.7 Å². The van der Waals surface area contributed by atoms with Gasteiger partial charge in [-0.15, -0.1) is 0 Å². The Kier molecular flexibility index (Phi) is 6.04. The van der Waals surface area contributed by atoms with Crippen LogP contribution in [-0.4, -0.2) is 11.0 Å². The lowest BCUT2D eigenvalue weighted by molar-refractivity contribution is -0.138. The number of ketones is 1. The first-order valence-corrected chi connectivity index (χ1v) is 8.74.